The lowest BCUT2D eigenvalue weighted by Crippen LogP contribution is -2.40. The van der Waals surface area contributed by atoms with Gasteiger partial charge in [-0.3, -0.25) is 0 Å². The minimum Gasteiger partial charge on any atom is -0.496 e. The van der Waals surface area contributed by atoms with Crippen molar-refractivity contribution in [1.29, 1.82) is 0 Å². The molecule has 34 heavy (non-hydrogen) atoms. The van der Waals surface area contributed by atoms with E-state index in [-0.39, 0.29) is 6.04 Å². The number of ether oxygens (including phenoxy) is 1. The number of piperidine rings is 1. The van der Waals surface area contributed by atoms with Crippen molar-refractivity contribution in [3.63, 3.8) is 0 Å². The molecule has 0 bridgehead atoms. The predicted octanol–water partition coefficient (Wildman–Crippen LogP) is 2.98. The fourth-order valence-corrected chi connectivity index (χ4v) is 4.36. The summed E-state index contributed by atoms with van der Waals surface area (Å²) in [6, 6.07) is 8.08. The van der Waals surface area contributed by atoms with E-state index in [0.717, 1.165) is 54.1 Å². The first-order chi connectivity index (χ1) is 16.5. The number of fused-ring (bicyclic) bond motifs is 1. The molecule has 1 fully saturated rings. The minimum absolute atomic E-state index is 0.241. The van der Waals surface area contributed by atoms with Crippen LogP contribution in [-0.4, -0.2) is 55.6 Å². The zero-order valence-electron chi connectivity index (χ0n) is 19.8. The summed E-state index contributed by atoms with van der Waals surface area (Å²) in [7, 11) is 1.68. The first-order valence-electron chi connectivity index (χ1n) is 11.7. The summed E-state index contributed by atoms with van der Waals surface area (Å²) < 4.78 is 9.29. The first kappa shape index (κ1) is 22.1. The second-order valence-electron chi connectivity index (χ2n) is 8.92. The van der Waals surface area contributed by atoms with Gasteiger partial charge in [0.1, 0.15) is 5.75 Å². The van der Waals surface area contributed by atoms with Crippen LogP contribution < -0.4 is 20.7 Å². The third-order valence-corrected chi connectivity index (χ3v) is 6.33. The number of benzene rings is 1. The highest BCUT2D eigenvalue weighted by Crippen LogP contribution is 2.28. The molecule has 3 N–H and O–H groups in total. The number of anilines is 2. The zero-order valence-corrected chi connectivity index (χ0v) is 19.8. The topological polar surface area (TPSA) is 111 Å². The Morgan fingerprint density at radius 2 is 1.97 bits per heavy atom. The molecule has 10 nitrogen and oxygen atoms in total. The van der Waals surface area contributed by atoms with Crippen LogP contribution in [0, 0.1) is 0 Å². The maximum Gasteiger partial charge on any atom is 0.230 e. The van der Waals surface area contributed by atoms with Gasteiger partial charge in [-0.25, -0.2) is 4.68 Å². The lowest BCUT2D eigenvalue weighted by Gasteiger charge is -2.30. The molecule has 0 unspecified atom stereocenters. The molecule has 1 aromatic carbocycles. The Bertz CT molecular complexity index is 1260. The molecule has 1 aliphatic rings. The van der Waals surface area contributed by atoms with E-state index < -0.39 is 0 Å². The molecule has 3 aromatic heterocycles. The number of nitrogens with one attached hydrogen (secondary N) is 1. The average Bonchev–Trinajstić information content (AvgIpc) is 3.53. The average molecular weight is 462 g/mol. The van der Waals surface area contributed by atoms with Crippen LogP contribution in [0.3, 0.4) is 0 Å². The number of rotatable bonds is 7. The summed E-state index contributed by atoms with van der Waals surface area (Å²) in [6.45, 7) is 6.47. The maximum absolute atomic E-state index is 6.12. The Morgan fingerprint density at radius 3 is 2.68 bits per heavy atom. The third-order valence-electron chi connectivity index (χ3n) is 6.33. The van der Waals surface area contributed by atoms with Crippen molar-refractivity contribution in [2.24, 2.45) is 5.73 Å². The van der Waals surface area contributed by atoms with E-state index in [0.29, 0.717) is 24.4 Å². The summed E-state index contributed by atoms with van der Waals surface area (Å²) in [6.07, 6.45) is 7.43. The van der Waals surface area contributed by atoms with Gasteiger partial charge < -0.3 is 20.7 Å². The fraction of sp³-hybridized carbons (Fsp3) is 0.417. The van der Waals surface area contributed by atoms with Gasteiger partial charge in [-0.1, -0.05) is 19.9 Å². The van der Waals surface area contributed by atoms with Crippen molar-refractivity contribution in [3.05, 3.63) is 54.0 Å². The molecule has 0 aliphatic carbocycles. The molecule has 4 heterocycles. The lowest BCUT2D eigenvalue weighted by atomic mass is 10.1. The van der Waals surface area contributed by atoms with Crippen LogP contribution in [0.1, 0.15) is 43.7 Å². The Morgan fingerprint density at radius 1 is 1.15 bits per heavy atom. The van der Waals surface area contributed by atoms with E-state index in [1.807, 2.05) is 41.3 Å². The Hall–Kier alpha value is -3.66. The second kappa shape index (κ2) is 9.30. The van der Waals surface area contributed by atoms with Gasteiger partial charge in [0.15, 0.2) is 5.65 Å². The van der Waals surface area contributed by atoms with Crippen LogP contribution in [0.15, 0.2) is 42.9 Å². The molecular weight excluding hydrogens is 430 g/mol. The second-order valence-corrected chi connectivity index (χ2v) is 8.92. The fourth-order valence-electron chi connectivity index (χ4n) is 4.36. The molecular formula is C24H31N9O. The van der Waals surface area contributed by atoms with Crippen LogP contribution in [0.2, 0.25) is 0 Å². The van der Waals surface area contributed by atoms with Crippen molar-refractivity contribution >= 4 is 17.5 Å². The van der Waals surface area contributed by atoms with Crippen molar-refractivity contribution in [1.82, 2.24) is 29.4 Å². The molecule has 10 heteroatoms. The van der Waals surface area contributed by atoms with E-state index in [4.69, 9.17) is 20.4 Å². The summed E-state index contributed by atoms with van der Waals surface area (Å²) in [4.78, 5) is 12.0. The quantitative estimate of drug-likeness (QED) is 0.432. The molecule has 0 saturated carbocycles. The standard InChI is InChI=1S/C24H31N9O/c1-16(2)18-15-28-33-22(18)29-24(31-12-8-17(25)9-13-31)30-23(33)26-14-19-20(32-11-5-10-27-32)6-4-7-21(19)34-3/h4-7,10-11,15-17H,8-9,12-14,25H2,1-3H3,(H,26,29,30). The van der Waals surface area contributed by atoms with Crippen LogP contribution in [0.4, 0.5) is 11.9 Å². The van der Waals surface area contributed by atoms with Crippen molar-refractivity contribution in [2.75, 3.05) is 30.4 Å². The van der Waals surface area contributed by atoms with E-state index in [9.17, 15) is 0 Å². The molecule has 0 amide bonds. The summed E-state index contributed by atoms with van der Waals surface area (Å²) in [5.74, 6) is 2.42. The Balaban J connectivity index is 1.53. The van der Waals surface area contributed by atoms with Gasteiger partial charge in [0.2, 0.25) is 11.9 Å². The predicted molar refractivity (Wildman–Crippen MR) is 132 cm³/mol. The Kier molecular flexibility index (Phi) is 6.06. The molecule has 1 aliphatic heterocycles. The smallest absolute Gasteiger partial charge is 0.230 e. The number of hydrogen-bond donors (Lipinski definition) is 2. The highest BCUT2D eigenvalue weighted by molar-refractivity contribution is 5.57. The van der Waals surface area contributed by atoms with Crippen molar-refractivity contribution in [3.8, 4) is 11.4 Å². The van der Waals surface area contributed by atoms with E-state index in [1.165, 1.54) is 0 Å². The normalized spacial score (nSPS) is 14.8. The summed E-state index contributed by atoms with van der Waals surface area (Å²) in [5, 5.41) is 12.5. The van der Waals surface area contributed by atoms with Gasteiger partial charge >= 0.3 is 0 Å². The van der Waals surface area contributed by atoms with Crippen molar-refractivity contribution in [2.45, 2.75) is 45.2 Å². The molecule has 4 aromatic rings. The van der Waals surface area contributed by atoms with E-state index in [2.05, 4.69) is 34.3 Å². The molecule has 5 rings (SSSR count). The number of hydrogen-bond acceptors (Lipinski definition) is 8. The number of methoxy groups -OCH3 is 1. The number of nitrogens with two attached hydrogens (primary N) is 1. The largest absolute Gasteiger partial charge is 0.496 e. The van der Waals surface area contributed by atoms with E-state index in [1.54, 1.807) is 17.8 Å². The van der Waals surface area contributed by atoms with E-state index >= 15 is 0 Å². The van der Waals surface area contributed by atoms with Crippen molar-refractivity contribution < 1.29 is 4.74 Å². The maximum atomic E-state index is 6.12. The molecule has 0 spiro atoms. The van der Waals surface area contributed by atoms with Crippen LogP contribution in [0.5, 0.6) is 5.75 Å². The van der Waals surface area contributed by atoms with Gasteiger partial charge in [0.05, 0.1) is 19.0 Å². The van der Waals surface area contributed by atoms with Gasteiger partial charge in [-0.15, -0.1) is 0 Å². The molecule has 0 radical (unpaired) electrons. The van der Waals surface area contributed by atoms with Crippen LogP contribution >= 0.6 is 0 Å². The lowest BCUT2D eigenvalue weighted by molar-refractivity contribution is 0.410. The van der Waals surface area contributed by atoms with Gasteiger partial charge in [0.25, 0.3) is 0 Å². The number of nitrogens with zero attached hydrogens (tertiary/aromatic N) is 7. The highest BCUT2D eigenvalue weighted by atomic mass is 16.5. The monoisotopic (exact) mass is 461 g/mol. The Labute approximate surface area is 198 Å². The summed E-state index contributed by atoms with van der Waals surface area (Å²) >= 11 is 0. The zero-order chi connectivity index (χ0) is 23.7. The minimum atomic E-state index is 0.241. The first-order valence-corrected chi connectivity index (χ1v) is 11.7. The van der Waals surface area contributed by atoms with Gasteiger partial charge in [-0.2, -0.15) is 24.7 Å². The summed E-state index contributed by atoms with van der Waals surface area (Å²) in [5.41, 5.74) is 9.95. The van der Waals surface area contributed by atoms with Crippen LogP contribution in [0.25, 0.3) is 11.3 Å². The SMILES string of the molecule is COc1cccc(-n2cccn2)c1CNc1nc(N2CCC(N)CC2)nc2c(C(C)C)cnn12. The highest BCUT2D eigenvalue weighted by Gasteiger charge is 2.22. The molecule has 1 saturated heterocycles. The third kappa shape index (κ3) is 4.16. The van der Waals surface area contributed by atoms with Crippen LogP contribution in [-0.2, 0) is 6.54 Å². The molecule has 178 valence electrons. The van der Waals surface area contributed by atoms with Gasteiger partial charge in [-0.05, 0) is 37.0 Å². The number of aromatic nitrogens is 6. The van der Waals surface area contributed by atoms with Gasteiger partial charge in [0, 0.05) is 49.2 Å². The molecule has 0 atom stereocenters.